The minimum Gasteiger partial charge on any atom is -0.474 e. The smallest absolute Gasteiger partial charge is 0.233 e. The normalized spacial score (nSPS) is 17.9. The highest BCUT2D eigenvalue weighted by atomic mass is 35.5. The van der Waals surface area contributed by atoms with Crippen LogP contribution in [-0.2, 0) is 11.3 Å². The molecule has 3 nitrogen and oxygen atoms in total. The summed E-state index contributed by atoms with van der Waals surface area (Å²) in [5, 5.41) is 0.423. The highest BCUT2D eigenvalue weighted by molar-refractivity contribution is 6.31. The van der Waals surface area contributed by atoms with E-state index in [0.29, 0.717) is 29.6 Å². The van der Waals surface area contributed by atoms with Gasteiger partial charge in [-0.3, -0.25) is 0 Å². The number of halogens is 2. The van der Waals surface area contributed by atoms with Crippen molar-refractivity contribution in [3.63, 3.8) is 0 Å². The van der Waals surface area contributed by atoms with Crippen molar-refractivity contribution >= 4 is 17.5 Å². The van der Waals surface area contributed by atoms with Crippen molar-refractivity contribution in [1.82, 2.24) is 4.57 Å². The van der Waals surface area contributed by atoms with Crippen LogP contribution in [0.15, 0.2) is 41.5 Å². The van der Waals surface area contributed by atoms with Crippen LogP contribution in [0.4, 0.5) is 4.39 Å². The highest BCUT2D eigenvalue weighted by Gasteiger charge is 2.19. The Balaban J connectivity index is 1.93. The molecule has 1 atom stereocenters. The third-order valence-corrected chi connectivity index (χ3v) is 3.59. The summed E-state index contributed by atoms with van der Waals surface area (Å²) < 4.78 is 21.3. The predicted octanol–water partition coefficient (Wildman–Crippen LogP) is 3.49. The van der Waals surface area contributed by atoms with Gasteiger partial charge in [-0.25, -0.2) is 9.38 Å². The van der Waals surface area contributed by atoms with Gasteiger partial charge in [0.2, 0.25) is 5.90 Å². The molecule has 0 unspecified atom stereocenters. The van der Waals surface area contributed by atoms with Crippen molar-refractivity contribution in [3.8, 4) is 0 Å². The van der Waals surface area contributed by atoms with E-state index >= 15 is 0 Å². The van der Waals surface area contributed by atoms with Crippen LogP contribution in [-0.4, -0.2) is 23.1 Å². The first-order valence-corrected chi connectivity index (χ1v) is 6.82. The van der Waals surface area contributed by atoms with E-state index in [9.17, 15) is 4.39 Å². The summed E-state index contributed by atoms with van der Waals surface area (Å²) in [5.74, 6) is 0.301. The minimum absolute atomic E-state index is 0.158. The number of hydrogen-bond acceptors (Lipinski definition) is 2. The summed E-state index contributed by atoms with van der Waals surface area (Å²) in [5.41, 5.74) is 1.31. The van der Waals surface area contributed by atoms with E-state index in [2.05, 4.69) is 4.99 Å². The second-order valence-electron chi connectivity index (χ2n) is 4.82. The monoisotopic (exact) mass is 292 g/mol. The Morgan fingerprint density at radius 3 is 2.95 bits per heavy atom. The van der Waals surface area contributed by atoms with Gasteiger partial charge in [0.05, 0.1) is 12.6 Å². The summed E-state index contributed by atoms with van der Waals surface area (Å²) >= 11 is 6.07. The van der Waals surface area contributed by atoms with Crippen molar-refractivity contribution in [2.45, 2.75) is 19.5 Å². The van der Waals surface area contributed by atoms with Crippen LogP contribution in [0.1, 0.15) is 18.2 Å². The van der Waals surface area contributed by atoms with Crippen molar-refractivity contribution in [3.05, 3.63) is 58.6 Å². The van der Waals surface area contributed by atoms with Gasteiger partial charge in [0.25, 0.3) is 0 Å². The Labute approximate surface area is 121 Å². The standard InChI is InChI=1S/C15H14ClFN2O/c1-10-9-20-15(18-10)14-6-3-7-19(14)8-11-12(16)4-2-5-13(11)17/h2-7,10H,8-9H2,1H3/t10-/m0/s1. The zero-order valence-electron chi connectivity index (χ0n) is 11.0. The van der Waals surface area contributed by atoms with Crippen molar-refractivity contribution in [2.75, 3.05) is 6.61 Å². The summed E-state index contributed by atoms with van der Waals surface area (Å²) in [6, 6.07) is 8.66. The topological polar surface area (TPSA) is 26.5 Å². The van der Waals surface area contributed by atoms with Crippen molar-refractivity contribution in [2.24, 2.45) is 4.99 Å². The molecule has 2 heterocycles. The maximum absolute atomic E-state index is 13.9. The average molecular weight is 293 g/mol. The molecule has 0 spiro atoms. The largest absolute Gasteiger partial charge is 0.474 e. The van der Waals surface area contributed by atoms with Crippen LogP contribution in [0.5, 0.6) is 0 Å². The summed E-state index contributed by atoms with van der Waals surface area (Å²) in [4.78, 5) is 4.42. The Hall–Kier alpha value is -1.81. The van der Waals surface area contributed by atoms with Gasteiger partial charge < -0.3 is 9.30 Å². The number of rotatable bonds is 3. The van der Waals surface area contributed by atoms with Crippen LogP contribution in [0.3, 0.4) is 0 Å². The van der Waals surface area contributed by atoms with Crippen LogP contribution in [0.25, 0.3) is 0 Å². The van der Waals surface area contributed by atoms with E-state index in [0.717, 1.165) is 5.69 Å². The molecule has 1 aliphatic rings. The number of aromatic nitrogens is 1. The summed E-state index contributed by atoms with van der Waals surface area (Å²) in [7, 11) is 0. The first-order valence-electron chi connectivity index (χ1n) is 6.44. The molecule has 20 heavy (non-hydrogen) atoms. The summed E-state index contributed by atoms with van der Waals surface area (Å²) in [6.07, 6.45) is 1.87. The SMILES string of the molecule is C[C@H]1COC(c2cccn2Cc2c(F)cccc2Cl)=N1. The van der Waals surface area contributed by atoms with E-state index in [1.807, 2.05) is 29.8 Å². The lowest BCUT2D eigenvalue weighted by Gasteiger charge is -2.11. The lowest BCUT2D eigenvalue weighted by molar-refractivity contribution is 0.322. The highest BCUT2D eigenvalue weighted by Crippen LogP contribution is 2.22. The maximum atomic E-state index is 13.9. The Morgan fingerprint density at radius 2 is 2.25 bits per heavy atom. The molecule has 0 amide bonds. The molecule has 5 heteroatoms. The van der Waals surface area contributed by atoms with E-state index < -0.39 is 0 Å². The van der Waals surface area contributed by atoms with Crippen LogP contribution in [0, 0.1) is 5.82 Å². The van der Waals surface area contributed by atoms with Crippen LogP contribution in [0.2, 0.25) is 5.02 Å². The van der Waals surface area contributed by atoms with E-state index in [1.54, 1.807) is 12.1 Å². The first-order chi connectivity index (χ1) is 9.65. The number of hydrogen-bond donors (Lipinski definition) is 0. The third-order valence-electron chi connectivity index (χ3n) is 3.24. The van der Waals surface area contributed by atoms with Gasteiger partial charge in [-0.05, 0) is 31.2 Å². The van der Waals surface area contributed by atoms with E-state index in [-0.39, 0.29) is 11.9 Å². The Morgan fingerprint density at radius 1 is 1.40 bits per heavy atom. The van der Waals surface area contributed by atoms with Crippen molar-refractivity contribution in [1.29, 1.82) is 0 Å². The number of aliphatic imine (C=N–C) groups is 1. The van der Waals surface area contributed by atoms with Gasteiger partial charge in [0.1, 0.15) is 18.1 Å². The Kier molecular flexibility index (Phi) is 3.49. The number of nitrogens with zero attached hydrogens (tertiary/aromatic N) is 2. The molecule has 0 saturated heterocycles. The van der Waals surface area contributed by atoms with Crippen molar-refractivity contribution < 1.29 is 9.13 Å². The van der Waals surface area contributed by atoms with Gasteiger partial charge in [-0.15, -0.1) is 0 Å². The zero-order valence-corrected chi connectivity index (χ0v) is 11.8. The number of ether oxygens (including phenoxy) is 1. The van der Waals surface area contributed by atoms with Gasteiger partial charge >= 0.3 is 0 Å². The van der Waals surface area contributed by atoms with Crippen LogP contribution >= 0.6 is 11.6 Å². The fourth-order valence-electron chi connectivity index (χ4n) is 2.21. The fourth-order valence-corrected chi connectivity index (χ4v) is 2.44. The molecule has 1 aromatic carbocycles. The maximum Gasteiger partial charge on any atom is 0.233 e. The molecule has 0 saturated carbocycles. The molecule has 1 aromatic heterocycles. The summed E-state index contributed by atoms with van der Waals surface area (Å²) in [6.45, 7) is 2.93. The Bertz CT molecular complexity index is 645. The molecule has 1 aliphatic heterocycles. The molecule has 0 radical (unpaired) electrons. The second kappa shape index (κ2) is 5.29. The molecule has 0 bridgehead atoms. The molecular weight excluding hydrogens is 279 g/mol. The molecule has 0 fully saturated rings. The van der Waals surface area contributed by atoms with Gasteiger partial charge in [-0.2, -0.15) is 0 Å². The predicted molar refractivity (Wildman–Crippen MR) is 76.9 cm³/mol. The lowest BCUT2D eigenvalue weighted by atomic mass is 10.2. The minimum atomic E-state index is -0.306. The zero-order chi connectivity index (χ0) is 14.1. The molecule has 104 valence electrons. The fraction of sp³-hybridized carbons (Fsp3) is 0.267. The van der Waals surface area contributed by atoms with E-state index in [4.69, 9.17) is 16.3 Å². The third kappa shape index (κ3) is 2.43. The molecule has 0 aliphatic carbocycles. The second-order valence-corrected chi connectivity index (χ2v) is 5.22. The van der Waals surface area contributed by atoms with Crippen LogP contribution < -0.4 is 0 Å². The molecule has 3 rings (SSSR count). The molecule has 0 N–H and O–H groups in total. The first kappa shape index (κ1) is 13.2. The molecular formula is C15H14ClFN2O. The van der Waals surface area contributed by atoms with Gasteiger partial charge in [-0.1, -0.05) is 17.7 Å². The van der Waals surface area contributed by atoms with Gasteiger partial charge in [0, 0.05) is 16.8 Å². The number of benzene rings is 1. The van der Waals surface area contributed by atoms with Gasteiger partial charge in [0.15, 0.2) is 0 Å². The quantitative estimate of drug-likeness (QED) is 0.850. The van der Waals surface area contributed by atoms with E-state index in [1.165, 1.54) is 6.07 Å². The molecule has 2 aromatic rings. The lowest BCUT2D eigenvalue weighted by Crippen LogP contribution is -2.11. The average Bonchev–Trinajstić information content (AvgIpc) is 3.02.